The molecule has 0 aliphatic rings. The van der Waals surface area contributed by atoms with Gasteiger partial charge in [-0.1, -0.05) is 0 Å². The highest BCUT2D eigenvalue weighted by molar-refractivity contribution is 7.90. The number of rotatable bonds is 9. The highest BCUT2D eigenvalue weighted by Gasteiger charge is 2.15. The van der Waals surface area contributed by atoms with Crippen LogP contribution in [0.1, 0.15) is 13.8 Å². The average molecular weight is 467 g/mol. The molecule has 3 aromatic rings. The van der Waals surface area contributed by atoms with Gasteiger partial charge in [-0.2, -0.15) is 0 Å². The van der Waals surface area contributed by atoms with Crippen LogP contribution < -0.4 is 10.9 Å². The first-order valence-corrected chi connectivity index (χ1v) is 12.0. The quantitative estimate of drug-likeness (QED) is 0.517. The lowest BCUT2D eigenvalue weighted by molar-refractivity contribution is 0.0728. The van der Waals surface area contributed by atoms with E-state index >= 15 is 0 Å². The molecule has 0 radical (unpaired) electrons. The zero-order valence-corrected chi connectivity index (χ0v) is 18.7. The molecule has 0 aliphatic heterocycles. The summed E-state index contributed by atoms with van der Waals surface area (Å²) >= 11 is 0. The summed E-state index contributed by atoms with van der Waals surface area (Å²) in [6, 6.07) is 6.63. The van der Waals surface area contributed by atoms with Crippen LogP contribution in [-0.2, 0) is 21.1 Å². The third-order valence-electron chi connectivity index (χ3n) is 4.54. The number of benzene rings is 1. The molecule has 8 nitrogen and oxygen atoms in total. The molecule has 1 aromatic carbocycles. The summed E-state index contributed by atoms with van der Waals surface area (Å²) in [4.78, 5) is 21.8. The van der Waals surface area contributed by atoms with Gasteiger partial charge in [0.15, 0.2) is 23.1 Å². The minimum Gasteiger partial charge on any atom is -0.377 e. The third kappa shape index (κ3) is 5.86. The molecular weight excluding hydrogens is 442 g/mol. The molecule has 172 valence electrons. The standard InChI is InChI=1S/C21H24F2N4O4S/c1-13(2)31-10-9-27-20-18(25-19(21(27)28)24-8-11-32(3,29)30)7-6-17(26-20)14-4-5-15(22)16(23)12-14/h4-7,12-13H,8-11H2,1-3H3,(H,24,25). The summed E-state index contributed by atoms with van der Waals surface area (Å²) in [6.07, 6.45) is 1.06. The Labute approximate surface area is 184 Å². The molecule has 0 unspecified atom stereocenters. The Kier molecular flexibility index (Phi) is 7.19. The van der Waals surface area contributed by atoms with Crippen LogP contribution in [0.4, 0.5) is 14.6 Å². The molecular formula is C21H24F2N4O4S. The van der Waals surface area contributed by atoms with E-state index in [1.807, 2.05) is 13.8 Å². The van der Waals surface area contributed by atoms with Gasteiger partial charge < -0.3 is 10.1 Å². The maximum atomic E-state index is 13.7. The van der Waals surface area contributed by atoms with E-state index < -0.39 is 27.0 Å². The highest BCUT2D eigenvalue weighted by Crippen LogP contribution is 2.22. The van der Waals surface area contributed by atoms with Crippen LogP contribution in [0.25, 0.3) is 22.4 Å². The van der Waals surface area contributed by atoms with Gasteiger partial charge in [0.2, 0.25) is 0 Å². The Morgan fingerprint density at radius 1 is 1.12 bits per heavy atom. The zero-order chi connectivity index (χ0) is 23.5. The molecule has 0 saturated heterocycles. The number of halogens is 2. The molecule has 0 atom stereocenters. The van der Waals surface area contributed by atoms with Crippen molar-refractivity contribution in [1.82, 2.24) is 14.5 Å². The third-order valence-corrected chi connectivity index (χ3v) is 5.48. The van der Waals surface area contributed by atoms with Crippen molar-refractivity contribution in [3.63, 3.8) is 0 Å². The van der Waals surface area contributed by atoms with E-state index in [4.69, 9.17) is 4.74 Å². The molecule has 0 bridgehead atoms. The van der Waals surface area contributed by atoms with Crippen LogP contribution in [0.3, 0.4) is 0 Å². The number of nitrogens with one attached hydrogen (secondary N) is 1. The molecule has 2 aromatic heterocycles. The molecule has 11 heteroatoms. The topological polar surface area (TPSA) is 103 Å². The monoisotopic (exact) mass is 466 g/mol. The van der Waals surface area contributed by atoms with E-state index in [0.717, 1.165) is 18.4 Å². The van der Waals surface area contributed by atoms with Crippen LogP contribution in [0, 0.1) is 11.6 Å². The zero-order valence-electron chi connectivity index (χ0n) is 17.9. The molecule has 0 fully saturated rings. The highest BCUT2D eigenvalue weighted by atomic mass is 32.2. The second-order valence-corrected chi connectivity index (χ2v) is 9.82. The van der Waals surface area contributed by atoms with Gasteiger partial charge in [0, 0.05) is 18.4 Å². The maximum Gasteiger partial charge on any atom is 0.295 e. The first kappa shape index (κ1) is 23.7. The van der Waals surface area contributed by atoms with E-state index in [1.54, 1.807) is 12.1 Å². The summed E-state index contributed by atoms with van der Waals surface area (Å²) in [5.74, 6) is -2.14. The van der Waals surface area contributed by atoms with Crippen LogP contribution in [-0.4, -0.2) is 54.2 Å². The van der Waals surface area contributed by atoms with Gasteiger partial charge in [0.05, 0.1) is 30.7 Å². The summed E-state index contributed by atoms with van der Waals surface area (Å²) in [5, 5.41) is 2.78. The smallest absolute Gasteiger partial charge is 0.295 e. The van der Waals surface area contributed by atoms with E-state index in [0.29, 0.717) is 16.8 Å². The number of pyridine rings is 1. The predicted molar refractivity (Wildman–Crippen MR) is 118 cm³/mol. The van der Waals surface area contributed by atoms with Crippen LogP contribution >= 0.6 is 0 Å². The summed E-state index contributed by atoms with van der Waals surface area (Å²) in [5.41, 5.74) is 0.821. The minimum absolute atomic E-state index is 0.00641. The SMILES string of the molecule is CC(C)OCCn1c(=O)c(NCCS(C)(=O)=O)nc2ccc(-c3ccc(F)c(F)c3)nc21. The molecule has 0 aliphatic carbocycles. The number of ether oxygens (including phenoxy) is 1. The first-order chi connectivity index (χ1) is 15.0. The molecule has 0 saturated carbocycles. The van der Waals surface area contributed by atoms with Gasteiger partial charge in [-0.3, -0.25) is 9.36 Å². The van der Waals surface area contributed by atoms with E-state index in [-0.39, 0.29) is 43.0 Å². The first-order valence-electron chi connectivity index (χ1n) is 9.95. The lowest BCUT2D eigenvalue weighted by atomic mass is 10.1. The Balaban J connectivity index is 2.05. The number of hydrogen-bond acceptors (Lipinski definition) is 7. The number of anilines is 1. The number of aromatic nitrogens is 3. The average Bonchev–Trinajstić information content (AvgIpc) is 2.71. The van der Waals surface area contributed by atoms with Crippen molar-refractivity contribution in [2.75, 3.05) is 30.5 Å². The number of nitrogens with zero attached hydrogens (tertiary/aromatic N) is 3. The second-order valence-electron chi connectivity index (χ2n) is 7.56. The fourth-order valence-corrected chi connectivity index (χ4v) is 3.47. The van der Waals surface area contributed by atoms with Crippen molar-refractivity contribution >= 4 is 26.8 Å². The van der Waals surface area contributed by atoms with Crippen molar-refractivity contribution in [3.05, 3.63) is 52.3 Å². The Hall–Kier alpha value is -2.92. The van der Waals surface area contributed by atoms with Gasteiger partial charge in [-0.15, -0.1) is 0 Å². The van der Waals surface area contributed by atoms with E-state index in [9.17, 15) is 22.0 Å². The molecule has 2 heterocycles. The Morgan fingerprint density at radius 3 is 2.53 bits per heavy atom. The normalized spacial score (nSPS) is 11.9. The van der Waals surface area contributed by atoms with Gasteiger partial charge in [-0.25, -0.2) is 27.2 Å². The van der Waals surface area contributed by atoms with Gasteiger partial charge in [0.25, 0.3) is 5.56 Å². The fourth-order valence-electron chi connectivity index (χ4n) is 2.99. The van der Waals surface area contributed by atoms with Crippen molar-refractivity contribution in [2.45, 2.75) is 26.5 Å². The van der Waals surface area contributed by atoms with E-state index in [2.05, 4.69) is 15.3 Å². The second kappa shape index (κ2) is 9.70. The summed E-state index contributed by atoms with van der Waals surface area (Å²) < 4.78 is 56.7. The van der Waals surface area contributed by atoms with E-state index in [1.165, 1.54) is 10.6 Å². The van der Waals surface area contributed by atoms with Gasteiger partial charge >= 0.3 is 0 Å². The van der Waals surface area contributed by atoms with Crippen molar-refractivity contribution < 1.29 is 21.9 Å². The van der Waals surface area contributed by atoms with Crippen molar-refractivity contribution in [3.8, 4) is 11.3 Å². The number of hydrogen-bond donors (Lipinski definition) is 1. The lowest BCUT2D eigenvalue weighted by Gasteiger charge is -2.14. The van der Waals surface area contributed by atoms with Crippen LogP contribution in [0.15, 0.2) is 35.1 Å². The summed E-state index contributed by atoms with van der Waals surface area (Å²) in [6.45, 7) is 4.16. The van der Waals surface area contributed by atoms with Gasteiger partial charge in [0.1, 0.15) is 15.4 Å². The molecule has 0 amide bonds. The molecule has 32 heavy (non-hydrogen) atoms. The molecule has 0 spiro atoms. The largest absolute Gasteiger partial charge is 0.377 e. The fraction of sp³-hybridized carbons (Fsp3) is 0.381. The van der Waals surface area contributed by atoms with Crippen LogP contribution in [0.5, 0.6) is 0 Å². The van der Waals surface area contributed by atoms with Crippen molar-refractivity contribution in [2.24, 2.45) is 0 Å². The van der Waals surface area contributed by atoms with Gasteiger partial charge in [-0.05, 0) is 44.2 Å². The number of sulfone groups is 1. The maximum absolute atomic E-state index is 13.7. The summed E-state index contributed by atoms with van der Waals surface area (Å²) in [7, 11) is -3.22. The van der Waals surface area contributed by atoms with Crippen molar-refractivity contribution in [1.29, 1.82) is 0 Å². The van der Waals surface area contributed by atoms with Crippen LogP contribution in [0.2, 0.25) is 0 Å². The Morgan fingerprint density at radius 2 is 1.88 bits per heavy atom. The molecule has 3 rings (SSSR count). The minimum atomic E-state index is -3.22. The Bertz CT molecular complexity index is 1290. The predicted octanol–water partition coefficient (Wildman–Crippen LogP) is 2.62. The lowest BCUT2D eigenvalue weighted by Crippen LogP contribution is -2.29. The number of fused-ring (bicyclic) bond motifs is 1. The molecule has 1 N–H and O–H groups in total.